The number of fused-ring (bicyclic) bond motifs is 1. The van der Waals surface area contributed by atoms with E-state index in [2.05, 4.69) is 15.6 Å². The highest BCUT2D eigenvalue weighted by molar-refractivity contribution is 7.22. The number of pyridine rings is 1. The van der Waals surface area contributed by atoms with Crippen LogP contribution in [0.2, 0.25) is 0 Å². The molecule has 0 bridgehead atoms. The van der Waals surface area contributed by atoms with Gasteiger partial charge in [-0.15, -0.1) is 0 Å². The molecule has 0 aliphatic carbocycles. The van der Waals surface area contributed by atoms with Crippen LogP contribution in [-0.2, 0) is 11.3 Å². The predicted octanol–water partition coefficient (Wildman–Crippen LogP) is 5.11. The second kappa shape index (κ2) is 10.5. The van der Waals surface area contributed by atoms with Gasteiger partial charge in [0.25, 0.3) is 5.56 Å². The van der Waals surface area contributed by atoms with E-state index in [1.165, 1.54) is 23.5 Å². The molecule has 1 fully saturated rings. The molecule has 1 aliphatic rings. The molecule has 198 valence electrons. The zero-order valence-corrected chi connectivity index (χ0v) is 22.5. The van der Waals surface area contributed by atoms with Crippen molar-refractivity contribution in [3.63, 3.8) is 0 Å². The van der Waals surface area contributed by atoms with Crippen LogP contribution in [0.15, 0.2) is 29.1 Å². The van der Waals surface area contributed by atoms with Crippen molar-refractivity contribution in [2.24, 2.45) is 0 Å². The lowest BCUT2D eigenvalue weighted by atomic mass is 10.0. The summed E-state index contributed by atoms with van der Waals surface area (Å²) < 4.78 is 22.8. The third-order valence-corrected chi connectivity index (χ3v) is 7.01. The number of thiazole rings is 1. The van der Waals surface area contributed by atoms with Gasteiger partial charge in [-0.3, -0.25) is 10.1 Å². The number of benzene rings is 1. The van der Waals surface area contributed by atoms with Crippen molar-refractivity contribution in [2.45, 2.75) is 65.6 Å². The van der Waals surface area contributed by atoms with Gasteiger partial charge >= 0.3 is 12.1 Å². The summed E-state index contributed by atoms with van der Waals surface area (Å²) in [4.78, 5) is 43.7. The summed E-state index contributed by atoms with van der Waals surface area (Å²) in [6.07, 6.45) is 1.23. The van der Waals surface area contributed by atoms with Crippen molar-refractivity contribution in [1.29, 1.82) is 0 Å². The summed E-state index contributed by atoms with van der Waals surface area (Å²) in [5.74, 6) is -0.482. The minimum atomic E-state index is -0.597. The maximum atomic E-state index is 15.1. The molecule has 37 heavy (non-hydrogen) atoms. The molecule has 2 N–H and O–H groups in total. The summed E-state index contributed by atoms with van der Waals surface area (Å²) in [5, 5.41) is 5.62. The quantitative estimate of drug-likeness (QED) is 0.478. The van der Waals surface area contributed by atoms with E-state index >= 15 is 4.39 Å². The van der Waals surface area contributed by atoms with E-state index in [-0.39, 0.29) is 29.3 Å². The molecule has 4 rings (SSSR count). The normalized spacial score (nSPS) is 15.7. The zero-order valence-electron chi connectivity index (χ0n) is 21.7. The number of nitrogens with zero attached hydrogens (tertiary/aromatic N) is 3. The zero-order chi connectivity index (χ0) is 26.9. The first kappa shape index (κ1) is 26.6. The highest BCUT2D eigenvalue weighted by atomic mass is 32.1. The van der Waals surface area contributed by atoms with Gasteiger partial charge in [-0.25, -0.2) is 19.0 Å². The second-order valence-corrected chi connectivity index (χ2v) is 11.1. The molecule has 1 atom stereocenters. The van der Waals surface area contributed by atoms with Crippen LogP contribution in [0.3, 0.4) is 0 Å². The number of likely N-dealkylation sites (tertiary alicyclic amines) is 1. The van der Waals surface area contributed by atoms with E-state index in [0.717, 1.165) is 12.8 Å². The van der Waals surface area contributed by atoms with Crippen LogP contribution in [-0.4, -0.2) is 51.3 Å². The Morgan fingerprint density at radius 3 is 2.68 bits per heavy atom. The van der Waals surface area contributed by atoms with Crippen LogP contribution in [0.1, 0.15) is 46.2 Å². The van der Waals surface area contributed by atoms with Crippen molar-refractivity contribution in [3.05, 3.63) is 46.1 Å². The summed E-state index contributed by atoms with van der Waals surface area (Å²) in [5.41, 5.74) is 1.01. The van der Waals surface area contributed by atoms with Gasteiger partial charge in [-0.1, -0.05) is 11.3 Å². The monoisotopic (exact) mass is 529 g/mol. The lowest BCUT2D eigenvalue weighted by Gasteiger charge is -2.29. The molecular formula is C26H32FN5O4S. The average Bonchev–Trinajstić information content (AvgIpc) is 3.40. The van der Waals surface area contributed by atoms with Gasteiger partial charge in [0, 0.05) is 37.0 Å². The SMILES string of the molecule is CCNC(=O)Nc1nc2cc(-c3cc(C)n(CC4CCCN4C(=O)OC(C)(C)C)c(=O)c3)c(F)cc2s1. The molecule has 0 spiro atoms. The van der Waals surface area contributed by atoms with E-state index < -0.39 is 11.4 Å². The standard InChI is InChI=1S/C26H32FN5O4S/c1-6-28-23(34)30-24-29-20-12-18(19(27)13-21(20)37-24)16-10-15(2)32(22(33)11-16)14-17-8-7-9-31(17)25(35)36-26(3,4)5/h10-13,17H,6-9,14H2,1-5H3,(H2,28,29,30,34). The molecule has 3 aromatic rings. The fourth-order valence-corrected chi connectivity index (χ4v) is 5.31. The van der Waals surface area contributed by atoms with E-state index in [9.17, 15) is 14.4 Å². The highest BCUT2D eigenvalue weighted by Crippen LogP contribution is 2.32. The average molecular weight is 530 g/mol. The molecule has 1 unspecified atom stereocenters. The first-order chi connectivity index (χ1) is 17.4. The van der Waals surface area contributed by atoms with Crippen molar-refractivity contribution >= 4 is 38.8 Å². The van der Waals surface area contributed by atoms with Crippen LogP contribution in [0.5, 0.6) is 0 Å². The Morgan fingerprint density at radius 2 is 2.00 bits per heavy atom. The number of ether oxygens (including phenoxy) is 1. The number of hydrogen-bond acceptors (Lipinski definition) is 6. The number of aromatic nitrogens is 2. The van der Waals surface area contributed by atoms with Crippen LogP contribution in [0.25, 0.3) is 21.3 Å². The number of rotatable bonds is 5. The van der Waals surface area contributed by atoms with Gasteiger partial charge in [0.2, 0.25) is 0 Å². The number of urea groups is 1. The van der Waals surface area contributed by atoms with Gasteiger partial charge < -0.3 is 19.5 Å². The molecule has 0 radical (unpaired) electrons. The van der Waals surface area contributed by atoms with Gasteiger partial charge in [-0.05, 0) is 71.2 Å². The predicted molar refractivity (Wildman–Crippen MR) is 143 cm³/mol. The lowest BCUT2D eigenvalue weighted by molar-refractivity contribution is 0.0213. The smallest absolute Gasteiger partial charge is 0.410 e. The molecule has 3 amide bonds. The molecule has 1 aliphatic heterocycles. The molecule has 1 aromatic carbocycles. The van der Waals surface area contributed by atoms with E-state index in [1.807, 2.05) is 20.8 Å². The number of anilines is 1. The van der Waals surface area contributed by atoms with Crippen LogP contribution < -0.4 is 16.2 Å². The van der Waals surface area contributed by atoms with Gasteiger partial charge in [0.05, 0.1) is 16.3 Å². The fourth-order valence-electron chi connectivity index (χ4n) is 4.44. The van der Waals surface area contributed by atoms with Crippen molar-refractivity contribution in [2.75, 3.05) is 18.4 Å². The van der Waals surface area contributed by atoms with Gasteiger partial charge in [0.15, 0.2) is 5.13 Å². The molecule has 2 aromatic heterocycles. The summed E-state index contributed by atoms with van der Waals surface area (Å²) >= 11 is 1.17. The lowest BCUT2D eigenvalue weighted by Crippen LogP contribution is -2.43. The maximum Gasteiger partial charge on any atom is 0.410 e. The van der Waals surface area contributed by atoms with Gasteiger partial charge in [-0.2, -0.15) is 0 Å². The van der Waals surface area contributed by atoms with Gasteiger partial charge in [0.1, 0.15) is 11.4 Å². The fraction of sp³-hybridized carbons (Fsp3) is 0.462. The molecule has 0 saturated carbocycles. The third kappa shape index (κ3) is 6.10. The number of nitrogens with one attached hydrogen (secondary N) is 2. The summed E-state index contributed by atoms with van der Waals surface area (Å²) in [6.45, 7) is 10.5. The Morgan fingerprint density at radius 1 is 1.24 bits per heavy atom. The molecule has 3 heterocycles. The van der Waals surface area contributed by atoms with E-state index in [1.54, 1.807) is 35.4 Å². The van der Waals surface area contributed by atoms with E-state index in [4.69, 9.17) is 4.74 Å². The van der Waals surface area contributed by atoms with Crippen LogP contribution in [0.4, 0.5) is 19.1 Å². The highest BCUT2D eigenvalue weighted by Gasteiger charge is 2.32. The number of carbonyl (C=O) groups excluding carboxylic acids is 2. The Balaban J connectivity index is 1.58. The first-order valence-electron chi connectivity index (χ1n) is 12.3. The third-order valence-electron chi connectivity index (χ3n) is 6.08. The number of halogens is 1. The molecule has 11 heteroatoms. The van der Waals surface area contributed by atoms with Crippen LogP contribution >= 0.6 is 11.3 Å². The molecule has 1 saturated heterocycles. The van der Waals surface area contributed by atoms with Crippen molar-refractivity contribution in [3.8, 4) is 11.1 Å². The summed E-state index contributed by atoms with van der Waals surface area (Å²) in [6, 6.07) is 5.58. The van der Waals surface area contributed by atoms with E-state index in [0.29, 0.717) is 46.2 Å². The summed E-state index contributed by atoms with van der Waals surface area (Å²) in [7, 11) is 0. The number of aryl methyl sites for hydroxylation is 1. The number of hydrogen-bond donors (Lipinski definition) is 2. The second-order valence-electron chi connectivity index (χ2n) is 10.1. The largest absolute Gasteiger partial charge is 0.444 e. The Kier molecular flexibility index (Phi) is 7.54. The minimum absolute atomic E-state index is 0.156. The number of carbonyl (C=O) groups is 2. The minimum Gasteiger partial charge on any atom is -0.444 e. The first-order valence-corrected chi connectivity index (χ1v) is 13.1. The van der Waals surface area contributed by atoms with Crippen molar-refractivity contribution in [1.82, 2.24) is 19.8 Å². The molecular weight excluding hydrogens is 497 g/mol. The Bertz CT molecular complexity index is 1390. The van der Waals surface area contributed by atoms with Crippen molar-refractivity contribution < 1.29 is 18.7 Å². The van der Waals surface area contributed by atoms with Crippen LogP contribution in [0, 0.1) is 12.7 Å². The Hall–Kier alpha value is -3.47. The Labute approximate surface area is 218 Å². The number of amides is 3. The maximum absolute atomic E-state index is 15.1. The topological polar surface area (TPSA) is 106 Å². The molecule has 9 nitrogen and oxygen atoms in total.